The van der Waals surface area contributed by atoms with Crippen molar-refractivity contribution < 1.29 is 18.9 Å². The number of carbonyl (C=O) groups excluding carboxylic acids is 1. The van der Waals surface area contributed by atoms with Crippen LogP contribution in [-0.2, 0) is 6.54 Å². The van der Waals surface area contributed by atoms with Gasteiger partial charge >= 0.3 is 5.88 Å². The number of nitro groups is 1. The first kappa shape index (κ1) is 16.2. The van der Waals surface area contributed by atoms with Gasteiger partial charge in [-0.1, -0.05) is 6.07 Å². The quantitative estimate of drug-likeness (QED) is 0.522. The summed E-state index contributed by atoms with van der Waals surface area (Å²) in [6, 6.07) is 11.0. The van der Waals surface area contributed by atoms with E-state index in [0.29, 0.717) is 24.6 Å². The van der Waals surface area contributed by atoms with E-state index < -0.39 is 16.7 Å². The van der Waals surface area contributed by atoms with E-state index in [0.717, 1.165) is 6.07 Å². The monoisotopic (exact) mass is 342 g/mol. The Morgan fingerprint density at radius 3 is 2.92 bits per heavy atom. The molecule has 128 valence electrons. The smallest absolute Gasteiger partial charge is 0.433 e. The Balaban J connectivity index is 1.58. The lowest BCUT2D eigenvalue weighted by atomic mass is 10.3. The molecule has 1 amide bonds. The van der Waals surface area contributed by atoms with Crippen LogP contribution in [0.25, 0.3) is 0 Å². The number of benzene rings is 1. The molecular formula is C16H14N4O5. The fourth-order valence-electron chi connectivity index (χ4n) is 2.09. The molecule has 0 radical (unpaired) electrons. The van der Waals surface area contributed by atoms with Gasteiger partial charge < -0.3 is 14.5 Å². The Hall–Kier alpha value is -3.62. The van der Waals surface area contributed by atoms with Crippen LogP contribution in [0.4, 0.5) is 11.6 Å². The van der Waals surface area contributed by atoms with E-state index in [1.807, 2.05) is 12.3 Å². The highest BCUT2D eigenvalue weighted by molar-refractivity contribution is 6.02. The van der Waals surface area contributed by atoms with Crippen molar-refractivity contribution in [3.8, 4) is 5.75 Å². The average Bonchev–Trinajstić information content (AvgIpc) is 3.27. The predicted molar refractivity (Wildman–Crippen MR) is 87.5 cm³/mol. The maximum atomic E-state index is 12.1. The van der Waals surface area contributed by atoms with Crippen LogP contribution >= 0.6 is 0 Å². The largest absolute Gasteiger partial charge is 0.492 e. The Bertz CT molecular complexity index is 872. The SMILES string of the molecule is O=C(Nc1cccc(OCCn2cccn2)c1)c1ccc([N+](=O)[O-])o1. The van der Waals surface area contributed by atoms with Crippen LogP contribution in [0.2, 0.25) is 0 Å². The molecule has 0 unspecified atom stereocenters. The molecule has 3 aromatic rings. The molecule has 0 spiro atoms. The number of aromatic nitrogens is 2. The van der Waals surface area contributed by atoms with Crippen LogP contribution in [0.3, 0.4) is 0 Å². The number of amides is 1. The van der Waals surface area contributed by atoms with Gasteiger partial charge in [0.25, 0.3) is 5.91 Å². The molecule has 0 bridgehead atoms. The van der Waals surface area contributed by atoms with Gasteiger partial charge in [0.1, 0.15) is 17.3 Å². The summed E-state index contributed by atoms with van der Waals surface area (Å²) in [6.45, 7) is 1.02. The molecule has 0 saturated carbocycles. The average molecular weight is 342 g/mol. The van der Waals surface area contributed by atoms with Crippen molar-refractivity contribution in [3.63, 3.8) is 0 Å². The summed E-state index contributed by atoms with van der Waals surface area (Å²) in [5.41, 5.74) is 0.487. The molecular weight excluding hydrogens is 328 g/mol. The van der Waals surface area contributed by atoms with Gasteiger partial charge in [0.2, 0.25) is 0 Å². The molecule has 9 nitrogen and oxygen atoms in total. The zero-order valence-corrected chi connectivity index (χ0v) is 13.0. The van der Waals surface area contributed by atoms with Gasteiger partial charge in [0.05, 0.1) is 12.6 Å². The van der Waals surface area contributed by atoms with Crippen molar-refractivity contribution in [1.29, 1.82) is 0 Å². The van der Waals surface area contributed by atoms with Crippen molar-refractivity contribution in [2.24, 2.45) is 0 Å². The van der Waals surface area contributed by atoms with Crippen LogP contribution in [0, 0.1) is 10.1 Å². The predicted octanol–water partition coefficient (Wildman–Crippen LogP) is 2.72. The van der Waals surface area contributed by atoms with Crippen molar-refractivity contribution in [3.05, 3.63) is 70.7 Å². The van der Waals surface area contributed by atoms with Gasteiger partial charge in [-0.25, -0.2) is 0 Å². The van der Waals surface area contributed by atoms with Crippen molar-refractivity contribution in [2.75, 3.05) is 11.9 Å². The highest BCUT2D eigenvalue weighted by Gasteiger charge is 2.17. The minimum Gasteiger partial charge on any atom is -0.492 e. The lowest BCUT2D eigenvalue weighted by molar-refractivity contribution is -0.402. The van der Waals surface area contributed by atoms with Gasteiger partial charge in [0, 0.05) is 24.1 Å². The summed E-state index contributed by atoms with van der Waals surface area (Å²) in [5.74, 6) is -0.630. The number of rotatable bonds is 7. The lowest BCUT2D eigenvalue weighted by Crippen LogP contribution is -2.11. The van der Waals surface area contributed by atoms with Crippen molar-refractivity contribution in [2.45, 2.75) is 6.54 Å². The Kier molecular flexibility index (Phi) is 4.74. The van der Waals surface area contributed by atoms with E-state index in [1.165, 1.54) is 6.07 Å². The second-order valence-corrected chi connectivity index (χ2v) is 4.99. The molecule has 0 aliphatic rings. The fraction of sp³-hybridized carbons (Fsp3) is 0.125. The Morgan fingerprint density at radius 1 is 1.32 bits per heavy atom. The molecule has 0 atom stereocenters. The normalized spacial score (nSPS) is 10.4. The number of ether oxygens (including phenoxy) is 1. The summed E-state index contributed by atoms with van der Waals surface area (Å²) >= 11 is 0. The van der Waals surface area contributed by atoms with Crippen LogP contribution < -0.4 is 10.1 Å². The first-order valence-corrected chi connectivity index (χ1v) is 7.38. The first-order chi connectivity index (χ1) is 12.1. The third-order valence-electron chi connectivity index (χ3n) is 3.24. The molecule has 2 heterocycles. The summed E-state index contributed by atoms with van der Waals surface area (Å²) in [4.78, 5) is 21.9. The van der Waals surface area contributed by atoms with E-state index in [4.69, 9.17) is 9.15 Å². The summed E-state index contributed by atoms with van der Waals surface area (Å²) in [6.07, 6.45) is 3.53. The van der Waals surface area contributed by atoms with E-state index in [9.17, 15) is 14.9 Å². The van der Waals surface area contributed by atoms with Gasteiger partial charge in [-0.2, -0.15) is 5.10 Å². The molecule has 1 aromatic carbocycles. The first-order valence-electron chi connectivity index (χ1n) is 7.38. The topological polar surface area (TPSA) is 112 Å². The second-order valence-electron chi connectivity index (χ2n) is 4.99. The molecule has 0 aliphatic carbocycles. The molecule has 0 saturated heterocycles. The van der Waals surface area contributed by atoms with Crippen LogP contribution in [-0.4, -0.2) is 27.2 Å². The van der Waals surface area contributed by atoms with E-state index in [2.05, 4.69) is 10.4 Å². The fourth-order valence-corrected chi connectivity index (χ4v) is 2.09. The number of nitrogens with zero attached hydrogens (tertiary/aromatic N) is 3. The standard InChI is InChI=1S/C16H14N4O5/c21-16(14-5-6-15(25-14)20(22)23)18-12-3-1-4-13(11-12)24-10-9-19-8-2-7-17-19/h1-8,11H,9-10H2,(H,18,21). The van der Waals surface area contributed by atoms with Crippen LogP contribution in [0.15, 0.2) is 59.3 Å². The zero-order valence-electron chi connectivity index (χ0n) is 13.0. The van der Waals surface area contributed by atoms with Gasteiger partial charge in [-0.05, 0) is 24.3 Å². The molecule has 0 aliphatic heterocycles. The molecule has 0 fully saturated rings. The highest BCUT2D eigenvalue weighted by atomic mass is 16.6. The number of hydrogen-bond acceptors (Lipinski definition) is 6. The molecule has 1 N–H and O–H groups in total. The maximum Gasteiger partial charge on any atom is 0.433 e. The minimum atomic E-state index is -0.704. The van der Waals surface area contributed by atoms with E-state index in [-0.39, 0.29) is 5.76 Å². The van der Waals surface area contributed by atoms with Gasteiger partial charge in [-0.3, -0.25) is 19.6 Å². The zero-order chi connectivity index (χ0) is 17.6. The number of anilines is 1. The van der Waals surface area contributed by atoms with Gasteiger partial charge in [0.15, 0.2) is 5.76 Å². The summed E-state index contributed by atoms with van der Waals surface area (Å²) in [5, 5.41) is 17.3. The number of hydrogen-bond donors (Lipinski definition) is 1. The van der Waals surface area contributed by atoms with E-state index in [1.54, 1.807) is 35.1 Å². The van der Waals surface area contributed by atoms with Gasteiger partial charge in [-0.15, -0.1) is 0 Å². The third kappa shape index (κ3) is 4.22. The maximum absolute atomic E-state index is 12.1. The Morgan fingerprint density at radius 2 is 2.20 bits per heavy atom. The summed E-state index contributed by atoms with van der Waals surface area (Å²) < 4.78 is 12.2. The highest BCUT2D eigenvalue weighted by Crippen LogP contribution is 2.20. The molecule has 3 rings (SSSR count). The number of carbonyl (C=O) groups is 1. The molecule has 25 heavy (non-hydrogen) atoms. The summed E-state index contributed by atoms with van der Waals surface area (Å²) in [7, 11) is 0. The lowest BCUT2D eigenvalue weighted by Gasteiger charge is -2.08. The second kappa shape index (κ2) is 7.30. The van der Waals surface area contributed by atoms with Crippen molar-refractivity contribution in [1.82, 2.24) is 9.78 Å². The van der Waals surface area contributed by atoms with Crippen LogP contribution in [0.1, 0.15) is 10.6 Å². The Labute approximate surface area is 142 Å². The number of furan rings is 1. The third-order valence-corrected chi connectivity index (χ3v) is 3.24. The number of nitrogens with one attached hydrogen (secondary N) is 1. The van der Waals surface area contributed by atoms with Crippen molar-refractivity contribution >= 4 is 17.5 Å². The molecule has 2 aromatic heterocycles. The van der Waals surface area contributed by atoms with Crippen LogP contribution in [0.5, 0.6) is 5.75 Å². The van der Waals surface area contributed by atoms with E-state index >= 15 is 0 Å². The molecule has 9 heteroatoms. The minimum absolute atomic E-state index is 0.142.